The van der Waals surface area contributed by atoms with Gasteiger partial charge in [0, 0.05) is 23.3 Å². The number of rotatable bonds is 2. The second-order valence-corrected chi connectivity index (χ2v) is 4.56. The summed E-state index contributed by atoms with van der Waals surface area (Å²) < 4.78 is 0. The van der Waals surface area contributed by atoms with Crippen molar-refractivity contribution in [3.8, 4) is 11.3 Å². The molecule has 2 aromatic heterocycles. The van der Waals surface area contributed by atoms with Gasteiger partial charge in [-0.15, -0.1) is 0 Å². The number of hydrogen-bond donors (Lipinski definition) is 0. The summed E-state index contributed by atoms with van der Waals surface area (Å²) in [6.45, 7) is 4.03. The highest BCUT2D eigenvalue weighted by atomic mass is 14.9. The molecule has 19 heavy (non-hydrogen) atoms. The maximum Gasteiger partial charge on any atom is 0.125 e. The predicted octanol–water partition coefficient (Wildman–Crippen LogP) is 3.56. The van der Waals surface area contributed by atoms with Crippen LogP contribution < -0.4 is 0 Å². The minimum Gasteiger partial charge on any atom is -0.256 e. The van der Waals surface area contributed by atoms with E-state index in [-0.39, 0.29) is 0 Å². The highest BCUT2D eigenvalue weighted by molar-refractivity contribution is 5.83. The monoisotopic (exact) mass is 249 g/mol. The Kier molecular flexibility index (Phi) is 2.95. The van der Waals surface area contributed by atoms with Crippen LogP contribution in [0.2, 0.25) is 0 Å². The lowest BCUT2D eigenvalue weighted by atomic mass is 10.1. The second-order valence-electron chi connectivity index (χ2n) is 4.56. The molecule has 3 rings (SSSR count). The van der Waals surface area contributed by atoms with Gasteiger partial charge in [0.2, 0.25) is 0 Å². The summed E-state index contributed by atoms with van der Waals surface area (Å²) in [5, 5.41) is 1.14. The van der Waals surface area contributed by atoms with E-state index >= 15 is 0 Å². The van der Waals surface area contributed by atoms with Gasteiger partial charge in [-0.3, -0.25) is 4.98 Å². The fourth-order valence-electron chi connectivity index (χ4n) is 2.20. The van der Waals surface area contributed by atoms with Crippen molar-refractivity contribution >= 4 is 10.9 Å². The topological polar surface area (TPSA) is 38.7 Å². The molecule has 0 unspecified atom stereocenters. The first-order valence-electron chi connectivity index (χ1n) is 6.45. The average molecular weight is 249 g/mol. The standard InChI is InChI=1S/C16H15N3/c1-3-12-9-17-11(2)19-16(12)14-8-13-6-4-5-7-15(13)18-10-14/h4-10H,3H2,1-2H3. The summed E-state index contributed by atoms with van der Waals surface area (Å²) >= 11 is 0. The normalized spacial score (nSPS) is 10.8. The Hall–Kier alpha value is -2.29. The van der Waals surface area contributed by atoms with Crippen molar-refractivity contribution < 1.29 is 0 Å². The van der Waals surface area contributed by atoms with Gasteiger partial charge in [-0.25, -0.2) is 9.97 Å². The number of aryl methyl sites for hydroxylation is 2. The third-order valence-electron chi connectivity index (χ3n) is 3.23. The van der Waals surface area contributed by atoms with Crippen molar-refractivity contribution in [2.24, 2.45) is 0 Å². The number of fused-ring (bicyclic) bond motifs is 1. The number of benzene rings is 1. The summed E-state index contributed by atoms with van der Waals surface area (Å²) in [6, 6.07) is 10.3. The first-order chi connectivity index (χ1) is 9.28. The molecule has 0 spiro atoms. The average Bonchev–Trinajstić information content (AvgIpc) is 2.46. The Morgan fingerprint density at radius 3 is 2.74 bits per heavy atom. The van der Waals surface area contributed by atoms with Crippen molar-refractivity contribution in [2.75, 3.05) is 0 Å². The van der Waals surface area contributed by atoms with E-state index in [4.69, 9.17) is 0 Å². The lowest BCUT2D eigenvalue weighted by Crippen LogP contribution is -1.97. The van der Waals surface area contributed by atoms with Crippen LogP contribution in [0, 0.1) is 6.92 Å². The molecule has 2 heterocycles. The molecule has 0 saturated heterocycles. The smallest absolute Gasteiger partial charge is 0.125 e. The zero-order chi connectivity index (χ0) is 13.2. The molecule has 0 amide bonds. The van der Waals surface area contributed by atoms with Crippen LogP contribution >= 0.6 is 0 Å². The molecule has 0 aliphatic carbocycles. The van der Waals surface area contributed by atoms with Crippen LogP contribution in [0.5, 0.6) is 0 Å². The number of hydrogen-bond acceptors (Lipinski definition) is 3. The molecule has 0 aliphatic heterocycles. The van der Waals surface area contributed by atoms with Crippen LogP contribution in [0.4, 0.5) is 0 Å². The van der Waals surface area contributed by atoms with Crippen LogP contribution in [-0.2, 0) is 6.42 Å². The largest absolute Gasteiger partial charge is 0.256 e. The van der Waals surface area contributed by atoms with E-state index in [0.29, 0.717) is 0 Å². The quantitative estimate of drug-likeness (QED) is 0.697. The number of para-hydroxylation sites is 1. The van der Waals surface area contributed by atoms with Crippen LogP contribution in [-0.4, -0.2) is 15.0 Å². The fourth-order valence-corrected chi connectivity index (χ4v) is 2.20. The molecular formula is C16H15N3. The SMILES string of the molecule is CCc1cnc(C)nc1-c1cnc2ccccc2c1. The van der Waals surface area contributed by atoms with Gasteiger partial charge in [-0.05, 0) is 31.0 Å². The van der Waals surface area contributed by atoms with Crippen molar-refractivity contribution in [3.63, 3.8) is 0 Å². The molecule has 3 aromatic rings. The van der Waals surface area contributed by atoms with Crippen molar-refractivity contribution in [1.29, 1.82) is 0 Å². The van der Waals surface area contributed by atoms with Gasteiger partial charge >= 0.3 is 0 Å². The van der Waals surface area contributed by atoms with E-state index < -0.39 is 0 Å². The Bertz CT molecular complexity index is 735. The van der Waals surface area contributed by atoms with Crippen LogP contribution in [0.1, 0.15) is 18.3 Å². The Labute approximate surface area is 112 Å². The lowest BCUT2D eigenvalue weighted by Gasteiger charge is -2.08. The molecule has 3 nitrogen and oxygen atoms in total. The zero-order valence-electron chi connectivity index (χ0n) is 11.1. The Morgan fingerprint density at radius 2 is 1.89 bits per heavy atom. The molecule has 0 saturated carbocycles. The number of pyridine rings is 1. The first-order valence-corrected chi connectivity index (χ1v) is 6.45. The maximum atomic E-state index is 4.57. The molecule has 1 aromatic carbocycles. The van der Waals surface area contributed by atoms with Crippen LogP contribution in [0.3, 0.4) is 0 Å². The summed E-state index contributed by atoms with van der Waals surface area (Å²) in [5.41, 5.74) is 4.21. The summed E-state index contributed by atoms with van der Waals surface area (Å²) in [4.78, 5) is 13.3. The van der Waals surface area contributed by atoms with E-state index in [1.54, 1.807) is 0 Å². The van der Waals surface area contributed by atoms with Gasteiger partial charge in [0.1, 0.15) is 5.82 Å². The first kappa shape index (κ1) is 11.8. The van der Waals surface area contributed by atoms with Gasteiger partial charge < -0.3 is 0 Å². The highest BCUT2D eigenvalue weighted by Gasteiger charge is 2.08. The lowest BCUT2D eigenvalue weighted by molar-refractivity contribution is 0.995. The summed E-state index contributed by atoms with van der Waals surface area (Å²) in [6.07, 6.45) is 4.72. The summed E-state index contributed by atoms with van der Waals surface area (Å²) in [7, 11) is 0. The maximum absolute atomic E-state index is 4.57. The Morgan fingerprint density at radius 1 is 1.05 bits per heavy atom. The third-order valence-corrected chi connectivity index (χ3v) is 3.23. The van der Waals surface area contributed by atoms with Gasteiger partial charge in [0.25, 0.3) is 0 Å². The molecule has 0 aliphatic rings. The number of aromatic nitrogens is 3. The van der Waals surface area contributed by atoms with Gasteiger partial charge in [-0.1, -0.05) is 25.1 Å². The minimum absolute atomic E-state index is 0.792. The van der Waals surface area contributed by atoms with Gasteiger partial charge in [-0.2, -0.15) is 0 Å². The second kappa shape index (κ2) is 4.76. The zero-order valence-corrected chi connectivity index (χ0v) is 11.1. The van der Waals surface area contributed by atoms with Gasteiger partial charge in [0.05, 0.1) is 11.2 Å². The van der Waals surface area contributed by atoms with Crippen molar-refractivity contribution in [1.82, 2.24) is 15.0 Å². The van der Waals surface area contributed by atoms with Crippen molar-refractivity contribution in [2.45, 2.75) is 20.3 Å². The molecule has 0 atom stereocenters. The van der Waals surface area contributed by atoms with E-state index in [2.05, 4.69) is 34.0 Å². The summed E-state index contributed by atoms with van der Waals surface area (Å²) in [5.74, 6) is 0.792. The molecule has 94 valence electrons. The third kappa shape index (κ3) is 2.19. The van der Waals surface area contributed by atoms with Crippen molar-refractivity contribution in [3.05, 3.63) is 54.1 Å². The van der Waals surface area contributed by atoms with Crippen LogP contribution in [0.25, 0.3) is 22.2 Å². The fraction of sp³-hybridized carbons (Fsp3) is 0.188. The van der Waals surface area contributed by atoms with Crippen LogP contribution in [0.15, 0.2) is 42.7 Å². The van der Waals surface area contributed by atoms with E-state index in [1.807, 2.05) is 37.5 Å². The molecule has 3 heteroatoms. The highest BCUT2D eigenvalue weighted by Crippen LogP contribution is 2.24. The van der Waals surface area contributed by atoms with Gasteiger partial charge in [0.15, 0.2) is 0 Å². The molecule has 0 radical (unpaired) electrons. The Balaban J connectivity index is 2.21. The molecule has 0 N–H and O–H groups in total. The molecule has 0 bridgehead atoms. The van der Waals surface area contributed by atoms with E-state index in [9.17, 15) is 0 Å². The predicted molar refractivity (Wildman–Crippen MR) is 76.9 cm³/mol. The number of nitrogens with zero attached hydrogens (tertiary/aromatic N) is 3. The minimum atomic E-state index is 0.792. The molecular weight excluding hydrogens is 234 g/mol. The van der Waals surface area contributed by atoms with E-state index in [1.165, 1.54) is 0 Å². The van der Waals surface area contributed by atoms with E-state index in [0.717, 1.165) is 40.0 Å². The molecule has 0 fully saturated rings.